The third-order valence-corrected chi connectivity index (χ3v) is 5.05. The van der Waals surface area contributed by atoms with Gasteiger partial charge in [0.15, 0.2) is 0 Å². The Morgan fingerprint density at radius 1 is 1.27 bits per heavy atom. The zero-order valence-corrected chi connectivity index (χ0v) is 14.2. The van der Waals surface area contributed by atoms with E-state index < -0.39 is 11.8 Å². The number of rotatable bonds is 6. The highest BCUT2D eigenvalue weighted by Crippen LogP contribution is 2.28. The van der Waals surface area contributed by atoms with Gasteiger partial charge in [0.1, 0.15) is 6.10 Å². The normalized spacial score (nSPS) is 11.9. The van der Waals surface area contributed by atoms with Crippen LogP contribution in [0.1, 0.15) is 15.9 Å². The van der Waals surface area contributed by atoms with E-state index >= 15 is 0 Å². The first kappa shape index (κ1) is 17.0. The summed E-state index contributed by atoms with van der Waals surface area (Å²) in [5.74, 6) is -1.34. The molecule has 2 aromatic heterocycles. The largest absolute Gasteiger partial charge is 0.374 e. The molecule has 5 nitrogen and oxygen atoms in total. The summed E-state index contributed by atoms with van der Waals surface area (Å²) in [6.07, 6.45) is -0.327. The molecule has 2 amide bonds. The maximum atomic E-state index is 11.8. The molecule has 0 unspecified atom stereocenters. The molecular formula is C14H15ClN2O3S2. The Hall–Kier alpha value is -1.41. The van der Waals surface area contributed by atoms with E-state index in [-0.39, 0.29) is 12.6 Å². The van der Waals surface area contributed by atoms with E-state index in [1.807, 2.05) is 23.6 Å². The fraction of sp³-hybridized carbons (Fsp3) is 0.286. The van der Waals surface area contributed by atoms with Crippen LogP contribution in [0.25, 0.3) is 0 Å². The van der Waals surface area contributed by atoms with Crippen LogP contribution in [0.5, 0.6) is 0 Å². The number of hydrogen-bond donors (Lipinski definition) is 2. The first-order valence-corrected chi connectivity index (χ1v) is 8.54. The molecule has 2 rings (SSSR count). The molecule has 0 saturated carbocycles. The first-order valence-electron chi connectivity index (χ1n) is 6.46. The van der Waals surface area contributed by atoms with Gasteiger partial charge in [0.25, 0.3) is 0 Å². The molecule has 0 aromatic carbocycles. The zero-order chi connectivity index (χ0) is 15.9. The standard InChI is InChI=1S/C14H15ClN2O3S2/c1-20-10(11-4-5-12(15)22-11)8-17-14(19)13(18)16-7-9-3-2-6-21-9/h2-6,10H,7-8H2,1H3,(H,16,18)(H,17,19)/t10-/m1/s1. The molecule has 2 aromatic rings. The van der Waals surface area contributed by atoms with Gasteiger partial charge >= 0.3 is 11.8 Å². The van der Waals surface area contributed by atoms with Crippen LogP contribution in [0.4, 0.5) is 0 Å². The molecular weight excluding hydrogens is 344 g/mol. The summed E-state index contributed by atoms with van der Waals surface area (Å²) in [6, 6.07) is 7.39. The zero-order valence-electron chi connectivity index (χ0n) is 11.8. The van der Waals surface area contributed by atoms with E-state index in [1.165, 1.54) is 22.7 Å². The first-order chi connectivity index (χ1) is 10.6. The van der Waals surface area contributed by atoms with E-state index in [0.29, 0.717) is 10.9 Å². The van der Waals surface area contributed by atoms with Crippen molar-refractivity contribution in [2.45, 2.75) is 12.6 Å². The highest BCUT2D eigenvalue weighted by molar-refractivity contribution is 7.16. The number of halogens is 1. The van der Waals surface area contributed by atoms with Crippen molar-refractivity contribution >= 4 is 46.1 Å². The lowest BCUT2D eigenvalue weighted by Gasteiger charge is -2.14. The minimum Gasteiger partial charge on any atom is -0.374 e. The van der Waals surface area contributed by atoms with E-state index in [2.05, 4.69) is 10.6 Å². The smallest absolute Gasteiger partial charge is 0.309 e. The SMILES string of the molecule is CO[C@H](CNC(=O)C(=O)NCc1cccs1)c1ccc(Cl)s1. The van der Waals surface area contributed by atoms with Crippen molar-refractivity contribution in [1.29, 1.82) is 0 Å². The Bertz CT molecular complexity index is 628. The van der Waals surface area contributed by atoms with E-state index in [9.17, 15) is 9.59 Å². The van der Waals surface area contributed by atoms with Gasteiger partial charge in [-0.3, -0.25) is 9.59 Å². The monoisotopic (exact) mass is 358 g/mol. The average molecular weight is 359 g/mol. The fourth-order valence-electron chi connectivity index (χ4n) is 1.73. The van der Waals surface area contributed by atoms with Crippen LogP contribution in [0.3, 0.4) is 0 Å². The molecule has 2 N–H and O–H groups in total. The molecule has 118 valence electrons. The lowest BCUT2D eigenvalue weighted by Crippen LogP contribution is -2.41. The minimum atomic E-state index is -0.679. The molecule has 0 aliphatic rings. The lowest BCUT2D eigenvalue weighted by atomic mass is 10.3. The highest BCUT2D eigenvalue weighted by atomic mass is 35.5. The van der Waals surface area contributed by atoms with Crippen molar-refractivity contribution in [2.24, 2.45) is 0 Å². The van der Waals surface area contributed by atoms with Gasteiger partial charge in [0.2, 0.25) is 0 Å². The highest BCUT2D eigenvalue weighted by Gasteiger charge is 2.18. The second kappa shape index (κ2) is 8.28. The van der Waals surface area contributed by atoms with Gasteiger partial charge in [-0.25, -0.2) is 0 Å². The molecule has 0 spiro atoms. The van der Waals surface area contributed by atoms with Gasteiger partial charge in [0.05, 0.1) is 10.9 Å². The van der Waals surface area contributed by atoms with Crippen LogP contribution in [0.15, 0.2) is 29.6 Å². The Kier molecular flexibility index (Phi) is 6.38. The number of nitrogens with one attached hydrogen (secondary N) is 2. The predicted molar refractivity (Wildman–Crippen MR) is 88.3 cm³/mol. The Balaban J connectivity index is 1.79. The molecule has 22 heavy (non-hydrogen) atoms. The van der Waals surface area contributed by atoms with Gasteiger partial charge in [-0.1, -0.05) is 17.7 Å². The lowest BCUT2D eigenvalue weighted by molar-refractivity contribution is -0.139. The van der Waals surface area contributed by atoms with Crippen molar-refractivity contribution < 1.29 is 14.3 Å². The molecule has 8 heteroatoms. The summed E-state index contributed by atoms with van der Waals surface area (Å²) in [5.41, 5.74) is 0. The summed E-state index contributed by atoms with van der Waals surface area (Å²) in [6.45, 7) is 0.552. The van der Waals surface area contributed by atoms with E-state index in [4.69, 9.17) is 16.3 Å². The van der Waals surface area contributed by atoms with Gasteiger partial charge in [-0.2, -0.15) is 0 Å². The van der Waals surface area contributed by atoms with Crippen LogP contribution >= 0.6 is 34.3 Å². The number of ether oxygens (including phenoxy) is 1. The third kappa shape index (κ3) is 4.81. The number of thiophene rings is 2. The van der Waals surface area contributed by atoms with Crippen molar-refractivity contribution in [3.05, 3.63) is 43.7 Å². The van der Waals surface area contributed by atoms with E-state index in [1.54, 1.807) is 13.2 Å². The Morgan fingerprint density at radius 3 is 2.64 bits per heavy atom. The summed E-state index contributed by atoms with van der Waals surface area (Å²) < 4.78 is 5.96. The van der Waals surface area contributed by atoms with Crippen LogP contribution in [-0.2, 0) is 20.9 Å². The molecule has 0 aliphatic carbocycles. The van der Waals surface area contributed by atoms with Gasteiger partial charge in [-0.05, 0) is 23.6 Å². The second-order valence-electron chi connectivity index (χ2n) is 4.34. The maximum Gasteiger partial charge on any atom is 0.309 e. The van der Waals surface area contributed by atoms with E-state index in [0.717, 1.165) is 9.75 Å². The van der Waals surface area contributed by atoms with Gasteiger partial charge in [0, 0.05) is 23.4 Å². The summed E-state index contributed by atoms with van der Waals surface area (Å²) in [5, 5.41) is 7.05. The molecule has 0 aliphatic heterocycles. The van der Waals surface area contributed by atoms with Crippen LogP contribution in [-0.4, -0.2) is 25.5 Å². The number of methoxy groups -OCH3 is 1. The topological polar surface area (TPSA) is 67.4 Å². The minimum absolute atomic E-state index is 0.207. The molecule has 1 atom stereocenters. The van der Waals surface area contributed by atoms with Crippen molar-refractivity contribution in [2.75, 3.05) is 13.7 Å². The van der Waals surface area contributed by atoms with Crippen LogP contribution < -0.4 is 10.6 Å². The number of hydrogen-bond acceptors (Lipinski definition) is 5. The summed E-state index contributed by atoms with van der Waals surface area (Å²) in [4.78, 5) is 25.3. The fourth-order valence-corrected chi connectivity index (χ4v) is 3.51. The number of amides is 2. The Morgan fingerprint density at radius 2 is 2.05 bits per heavy atom. The van der Waals surface area contributed by atoms with Crippen LogP contribution in [0.2, 0.25) is 4.34 Å². The van der Waals surface area contributed by atoms with Crippen molar-refractivity contribution in [3.63, 3.8) is 0 Å². The number of carbonyl (C=O) groups is 2. The second-order valence-corrected chi connectivity index (χ2v) is 7.12. The molecule has 2 heterocycles. The third-order valence-electron chi connectivity index (χ3n) is 2.85. The maximum absolute atomic E-state index is 11.8. The van der Waals surface area contributed by atoms with Gasteiger partial charge in [-0.15, -0.1) is 22.7 Å². The van der Waals surface area contributed by atoms with Crippen molar-refractivity contribution in [1.82, 2.24) is 10.6 Å². The Labute approximate surface area is 141 Å². The molecule has 0 bridgehead atoms. The number of carbonyl (C=O) groups excluding carboxylic acids is 2. The van der Waals surface area contributed by atoms with Crippen LogP contribution in [0, 0.1) is 0 Å². The molecule has 0 fully saturated rings. The predicted octanol–water partition coefficient (Wildman–Crippen LogP) is 2.58. The summed E-state index contributed by atoms with van der Waals surface area (Å²) in [7, 11) is 1.54. The quantitative estimate of drug-likeness (QED) is 0.780. The average Bonchev–Trinajstić information content (AvgIpc) is 3.17. The summed E-state index contributed by atoms with van der Waals surface area (Å²) >= 11 is 8.78. The van der Waals surface area contributed by atoms with Crippen molar-refractivity contribution in [3.8, 4) is 0 Å². The molecule has 0 saturated heterocycles. The van der Waals surface area contributed by atoms with Gasteiger partial charge < -0.3 is 15.4 Å². The molecule has 0 radical (unpaired) electrons.